The van der Waals surface area contributed by atoms with Gasteiger partial charge in [0.2, 0.25) is 5.78 Å². The van der Waals surface area contributed by atoms with Gasteiger partial charge in [-0.25, -0.2) is 9.59 Å². The third-order valence-electron chi connectivity index (χ3n) is 4.22. The van der Waals surface area contributed by atoms with Crippen molar-refractivity contribution in [2.45, 2.75) is 40.7 Å². The molecule has 0 fully saturated rings. The highest BCUT2D eigenvalue weighted by atomic mass is 16.5. The van der Waals surface area contributed by atoms with E-state index in [4.69, 9.17) is 14.2 Å². The number of carbonyl (C=O) groups excluding carboxylic acids is 3. The van der Waals surface area contributed by atoms with Gasteiger partial charge in [0.15, 0.2) is 6.10 Å². The Bertz CT molecular complexity index is 866. The summed E-state index contributed by atoms with van der Waals surface area (Å²) in [5, 5.41) is 0. The molecule has 150 valence electrons. The van der Waals surface area contributed by atoms with Crippen LogP contribution in [0.2, 0.25) is 0 Å². The third kappa shape index (κ3) is 4.60. The first-order valence-electron chi connectivity index (χ1n) is 9.14. The minimum atomic E-state index is -0.987. The van der Waals surface area contributed by atoms with Crippen molar-refractivity contribution >= 4 is 17.7 Å². The number of rotatable bonds is 8. The molecule has 0 unspecified atom stereocenters. The highest BCUT2D eigenvalue weighted by Crippen LogP contribution is 2.21. The zero-order valence-corrected chi connectivity index (χ0v) is 16.8. The van der Waals surface area contributed by atoms with E-state index in [1.54, 1.807) is 45.0 Å². The molecule has 0 spiro atoms. The molecular formula is C21H25NO6. The molecule has 1 aromatic heterocycles. The van der Waals surface area contributed by atoms with Gasteiger partial charge < -0.3 is 19.2 Å². The first-order valence-corrected chi connectivity index (χ1v) is 9.14. The van der Waals surface area contributed by atoms with Gasteiger partial charge >= 0.3 is 11.9 Å². The summed E-state index contributed by atoms with van der Waals surface area (Å²) in [6.45, 7) is 9.15. The fourth-order valence-electron chi connectivity index (χ4n) is 2.85. The van der Waals surface area contributed by atoms with Crippen molar-refractivity contribution in [2.75, 3.05) is 13.2 Å². The zero-order valence-electron chi connectivity index (χ0n) is 16.8. The van der Waals surface area contributed by atoms with Crippen LogP contribution >= 0.6 is 0 Å². The van der Waals surface area contributed by atoms with E-state index in [2.05, 4.69) is 4.98 Å². The summed E-state index contributed by atoms with van der Waals surface area (Å²) in [5.74, 6) is -0.884. The van der Waals surface area contributed by atoms with Crippen LogP contribution in [0.4, 0.5) is 0 Å². The molecule has 7 nitrogen and oxygen atoms in total. The number of benzene rings is 1. The summed E-state index contributed by atoms with van der Waals surface area (Å²) >= 11 is 0. The molecule has 0 aliphatic carbocycles. The molecule has 2 rings (SSSR count). The van der Waals surface area contributed by atoms with E-state index in [9.17, 15) is 14.4 Å². The predicted molar refractivity (Wildman–Crippen MR) is 103 cm³/mol. The molecule has 0 saturated heterocycles. The highest BCUT2D eigenvalue weighted by Gasteiger charge is 2.26. The highest BCUT2D eigenvalue weighted by molar-refractivity contribution is 6.02. The molecule has 0 saturated carbocycles. The molecule has 1 aromatic carbocycles. The molecule has 1 atom stereocenters. The molecule has 0 bridgehead atoms. The van der Waals surface area contributed by atoms with Crippen LogP contribution in [0, 0.1) is 13.8 Å². The average Bonchev–Trinajstić information content (AvgIpc) is 2.96. The Hall–Kier alpha value is -3.09. The number of H-pyrrole nitrogens is 1. The molecule has 0 amide bonds. The number of ketones is 1. The number of nitrogens with one attached hydrogen (secondary N) is 1. The van der Waals surface area contributed by atoms with Crippen LogP contribution in [0.25, 0.3) is 0 Å². The van der Waals surface area contributed by atoms with Crippen molar-refractivity contribution in [3.8, 4) is 5.75 Å². The lowest BCUT2D eigenvalue weighted by Crippen LogP contribution is -2.25. The largest absolute Gasteiger partial charge is 0.494 e. The van der Waals surface area contributed by atoms with Crippen molar-refractivity contribution in [2.24, 2.45) is 0 Å². The van der Waals surface area contributed by atoms with Crippen LogP contribution in [0.15, 0.2) is 24.3 Å². The normalized spacial score (nSPS) is 11.6. The van der Waals surface area contributed by atoms with Crippen LogP contribution in [-0.2, 0) is 9.47 Å². The number of Topliss-reactive ketones (excluding diaryl/α,β-unsaturated/α-hetero) is 1. The van der Waals surface area contributed by atoms with Gasteiger partial charge in [-0.1, -0.05) is 0 Å². The molecule has 1 heterocycles. The quantitative estimate of drug-likeness (QED) is 0.549. The predicted octanol–water partition coefficient (Wildman–Crippen LogP) is 3.64. The van der Waals surface area contributed by atoms with Gasteiger partial charge in [-0.05, 0) is 64.4 Å². The van der Waals surface area contributed by atoms with Crippen LogP contribution in [0.1, 0.15) is 63.2 Å². The SMILES string of the molecule is CCOC(=O)c1c(C)[nH]c(C(=O)O[C@H](C)C(=O)c2ccc(OCC)cc2)c1C. The lowest BCUT2D eigenvalue weighted by Gasteiger charge is -2.13. The van der Waals surface area contributed by atoms with Gasteiger partial charge in [0.05, 0.1) is 18.8 Å². The van der Waals surface area contributed by atoms with Crippen LogP contribution in [0.5, 0.6) is 5.75 Å². The number of aromatic amines is 1. The van der Waals surface area contributed by atoms with Crippen LogP contribution < -0.4 is 4.74 Å². The molecule has 2 aromatic rings. The maximum absolute atomic E-state index is 12.5. The Morgan fingerprint density at radius 1 is 1.00 bits per heavy atom. The van der Waals surface area contributed by atoms with Crippen molar-refractivity contribution in [1.82, 2.24) is 4.98 Å². The van der Waals surface area contributed by atoms with Crippen molar-refractivity contribution in [1.29, 1.82) is 0 Å². The number of aryl methyl sites for hydroxylation is 1. The molecular weight excluding hydrogens is 362 g/mol. The standard InChI is InChI=1S/C21H25NO6/c1-6-26-16-10-8-15(9-11-16)19(23)14(5)28-21(25)18-12(3)17(13(4)22-18)20(24)27-7-2/h8-11,14,22H,6-7H2,1-5H3/t14-/m1/s1. The second kappa shape index (κ2) is 9.21. The average molecular weight is 387 g/mol. The summed E-state index contributed by atoms with van der Waals surface area (Å²) in [5.41, 5.74) is 1.79. The van der Waals surface area contributed by atoms with Crippen LogP contribution in [-0.4, -0.2) is 42.0 Å². The first-order chi connectivity index (χ1) is 13.3. The molecule has 0 radical (unpaired) electrons. The number of esters is 2. The van der Waals surface area contributed by atoms with Gasteiger partial charge in [-0.2, -0.15) is 0 Å². The molecule has 28 heavy (non-hydrogen) atoms. The van der Waals surface area contributed by atoms with Gasteiger partial charge in [-0.15, -0.1) is 0 Å². The zero-order chi connectivity index (χ0) is 20.8. The second-order valence-corrected chi connectivity index (χ2v) is 6.21. The Balaban J connectivity index is 2.12. The Labute approximate surface area is 164 Å². The third-order valence-corrected chi connectivity index (χ3v) is 4.22. The fraction of sp³-hybridized carbons (Fsp3) is 0.381. The summed E-state index contributed by atoms with van der Waals surface area (Å²) in [6.07, 6.45) is -0.987. The van der Waals surface area contributed by atoms with Gasteiger partial charge in [0.25, 0.3) is 0 Å². The number of ether oxygens (including phenoxy) is 3. The minimum Gasteiger partial charge on any atom is -0.494 e. The summed E-state index contributed by atoms with van der Waals surface area (Å²) in [7, 11) is 0. The minimum absolute atomic E-state index is 0.131. The lowest BCUT2D eigenvalue weighted by molar-refractivity contribution is 0.0313. The van der Waals surface area contributed by atoms with E-state index in [0.29, 0.717) is 34.7 Å². The van der Waals surface area contributed by atoms with E-state index in [-0.39, 0.29) is 18.1 Å². The maximum atomic E-state index is 12.5. The van der Waals surface area contributed by atoms with Gasteiger partial charge in [-0.3, -0.25) is 4.79 Å². The van der Waals surface area contributed by atoms with Gasteiger partial charge in [0.1, 0.15) is 11.4 Å². The summed E-state index contributed by atoms with van der Waals surface area (Å²) in [4.78, 5) is 40.0. The Morgan fingerprint density at radius 2 is 1.64 bits per heavy atom. The molecule has 1 N–H and O–H groups in total. The maximum Gasteiger partial charge on any atom is 0.355 e. The molecule has 0 aliphatic heterocycles. The second-order valence-electron chi connectivity index (χ2n) is 6.21. The smallest absolute Gasteiger partial charge is 0.355 e. The number of hydrogen-bond donors (Lipinski definition) is 1. The Kier molecular flexibility index (Phi) is 6.98. The van der Waals surface area contributed by atoms with E-state index in [1.165, 1.54) is 6.92 Å². The fourth-order valence-corrected chi connectivity index (χ4v) is 2.85. The van der Waals surface area contributed by atoms with E-state index < -0.39 is 18.0 Å². The van der Waals surface area contributed by atoms with Crippen LogP contribution in [0.3, 0.4) is 0 Å². The van der Waals surface area contributed by atoms with E-state index in [0.717, 1.165) is 0 Å². The van der Waals surface area contributed by atoms with E-state index >= 15 is 0 Å². The Morgan fingerprint density at radius 3 is 2.21 bits per heavy atom. The first kappa shape index (κ1) is 21.2. The van der Waals surface area contributed by atoms with Gasteiger partial charge in [0, 0.05) is 11.3 Å². The lowest BCUT2D eigenvalue weighted by atomic mass is 10.1. The van der Waals surface area contributed by atoms with Crippen molar-refractivity contribution in [3.63, 3.8) is 0 Å². The monoisotopic (exact) mass is 387 g/mol. The molecule has 7 heteroatoms. The summed E-state index contributed by atoms with van der Waals surface area (Å²) in [6, 6.07) is 6.63. The molecule has 0 aliphatic rings. The topological polar surface area (TPSA) is 94.7 Å². The number of hydrogen-bond acceptors (Lipinski definition) is 6. The van der Waals surface area contributed by atoms with Crippen molar-refractivity contribution < 1.29 is 28.6 Å². The summed E-state index contributed by atoms with van der Waals surface area (Å²) < 4.78 is 15.7. The van der Waals surface area contributed by atoms with E-state index in [1.807, 2.05) is 6.92 Å². The number of aromatic nitrogens is 1. The van der Waals surface area contributed by atoms with Crippen molar-refractivity contribution in [3.05, 3.63) is 52.3 Å². The number of carbonyl (C=O) groups is 3.